The van der Waals surface area contributed by atoms with Gasteiger partial charge in [0.05, 0.1) is 25.8 Å². The van der Waals surface area contributed by atoms with Crippen LogP contribution in [0.4, 0.5) is 4.79 Å². The van der Waals surface area contributed by atoms with Crippen LogP contribution < -0.4 is 14.2 Å². The van der Waals surface area contributed by atoms with E-state index in [1.54, 1.807) is 36.4 Å². The molecular formula is C27H26ClNO8. The fraction of sp³-hybridized carbons (Fsp3) is 0.259. The number of aliphatic carboxylic acids is 1. The van der Waals surface area contributed by atoms with Crippen molar-refractivity contribution in [1.82, 2.24) is 5.06 Å². The number of carboxylic acid groups (broad SMARTS) is 1. The number of carboxylic acids is 1. The minimum atomic E-state index is -1.12. The summed E-state index contributed by atoms with van der Waals surface area (Å²) in [6.45, 7) is -0.308. The van der Waals surface area contributed by atoms with Gasteiger partial charge in [0, 0.05) is 17.1 Å². The van der Waals surface area contributed by atoms with Crippen LogP contribution >= 0.6 is 11.6 Å². The van der Waals surface area contributed by atoms with Crippen LogP contribution in [-0.2, 0) is 27.4 Å². The predicted molar refractivity (Wildman–Crippen MR) is 134 cm³/mol. The van der Waals surface area contributed by atoms with Crippen molar-refractivity contribution in [2.24, 2.45) is 0 Å². The van der Waals surface area contributed by atoms with Gasteiger partial charge in [-0.2, -0.15) is 0 Å². The van der Waals surface area contributed by atoms with E-state index in [2.05, 4.69) is 0 Å². The van der Waals surface area contributed by atoms with Crippen molar-refractivity contribution in [2.45, 2.75) is 19.1 Å². The molecule has 1 unspecified atom stereocenters. The van der Waals surface area contributed by atoms with E-state index in [0.29, 0.717) is 46.4 Å². The fourth-order valence-electron chi connectivity index (χ4n) is 4.29. The predicted octanol–water partition coefficient (Wildman–Crippen LogP) is 5.04. The smallest absolute Gasteiger partial charge is 0.496 e. The van der Waals surface area contributed by atoms with Crippen molar-refractivity contribution < 1.29 is 38.5 Å². The maximum Gasteiger partial charge on any atom is 0.528 e. The Morgan fingerprint density at radius 1 is 0.973 bits per heavy atom. The Labute approximate surface area is 219 Å². The summed E-state index contributed by atoms with van der Waals surface area (Å²) in [5, 5.41) is 11.0. The molecule has 1 atom stereocenters. The summed E-state index contributed by atoms with van der Waals surface area (Å²) in [6, 6.07) is 17.2. The minimum Gasteiger partial charge on any atom is -0.496 e. The van der Waals surface area contributed by atoms with E-state index in [1.807, 2.05) is 24.3 Å². The first kappa shape index (κ1) is 26.1. The Kier molecular flexibility index (Phi) is 8.37. The third kappa shape index (κ3) is 6.07. The number of hydrogen-bond donors (Lipinski definition) is 1. The van der Waals surface area contributed by atoms with Crippen LogP contribution in [0.3, 0.4) is 0 Å². The number of rotatable bonds is 9. The van der Waals surface area contributed by atoms with Crippen LogP contribution in [0.15, 0.2) is 60.7 Å². The van der Waals surface area contributed by atoms with Crippen LogP contribution in [0.25, 0.3) is 0 Å². The molecule has 0 saturated carbocycles. The van der Waals surface area contributed by atoms with Crippen LogP contribution in [0.2, 0.25) is 5.02 Å². The van der Waals surface area contributed by atoms with Gasteiger partial charge in [0.2, 0.25) is 0 Å². The van der Waals surface area contributed by atoms with Crippen LogP contribution in [-0.4, -0.2) is 49.7 Å². The summed E-state index contributed by atoms with van der Waals surface area (Å²) in [7, 11) is 3.03. The van der Waals surface area contributed by atoms with E-state index in [0.717, 1.165) is 11.1 Å². The molecule has 0 radical (unpaired) electrons. The summed E-state index contributed by atoms with van der Waals surface area (Å²) < 4.78 is 21.7. The van der Waals surface area contributed by atoms with Crippen molar-refractivity contribution in [3.8, 4) is 17.2 Å². The molecule has 9 nitrogen and oxygen atoms in total. The second kappa shape index (κ2) is 11.9. The number of halogens is 1. The van der Waals surface area contributed by atoms with E-state index in [9.17, 15) is 9.59 Å². The van der Waals surface area contributed by atoms with Crippen LogP contribution in [0.5, 0.6) is 17.2 Å². The molecular weight excluding hydrogens is 502 g/mol. The molecule has 4 rings (SSSR count). The lowest BCUT2D eigenvalue weighted by atomic mass is 9.89. The number of ether oxygens (including phenoxy) is 4. The van der Waals surface area contributed by atoms with E-state index in [4.69, 9.17) is 40.5 Å². The molecule has 10 heteroatoms. The SMILES string of the molecule is COc1cccc(OC)c1COC(=O)ON1CCc2ccccc2C1c1cc(Cl)ccc1OCC(=O)O. The van der Waals surface area contributed by atoms with Gasteiger partial charge in [0.25, 0.3) is 0 Å². The molecule has 0 amide bonds. The Morgan fingerprint density at radius 2 is 1.70 bits per heavy atom. The van der Waals surface area contributed by atoms with Gasteiger partial charge in [-0.1, -0.05) is 41.9 Å². The molecule has 0 bridgehead atoms. The lowest BCUT2D eigenvalue weighted by molar-refractivity contribution is -0.152. The molecule has 0 spiro atoms. The normalized spacial score (nSPS) is 14.8. The molecule has 0 aliphatic carbocycles. The zero-order valence-corrected chi connectivity index (χ0v) is 21.1. The number of carbonyl (C=O) groups excluding carboxylic acids is 1. The molecule has 1 N–H and O–H groups in total. The Balaban J connectivity index is 1.61. The maximum atomic E-state index is 12.8. The average molecular weight is 528 g/mol. The van der Waals surface area contributed by atoms with E-state index < -0.39 is 24.8 Å². The second-order valence-electron chi connectivity index (χ2n) is 8.13. The number of hydrogen-bond acceptors (Lipinski definition) is 8. The molecule has 0 saturated heterocycles. The topological polar surface area (TPSA) is 104 Å². The molecule has 3 aromatic rings. The lowest BCUT2D eigenvalue weighted by Crippen LogP contribution is -2.38. The summed E-state index contributed by atoms with van der Waals surface area (Å²) in [5.41, 5.74) is 3.04. The van der Waals surface area contributed by atoms with E-state index >= 15 is 0 Å². The van der Waals surface area contributed by atoms with Gasteiger partial charge in [0.15, 0.2) is 6.61 Å². The van der Waals surface area contributed by atoms with Crippen molar-refractivity contribution in [3.05, 3.63) is 87.9 Å². The van der Waals surface area contributed by atoms with Gasteiger partial charge < -0.3 is 28.9 Å². The standard InChI is InChI=1S/C27H26ClNO8/c1-33-22-8-5-9-23(34-2)21(22)15-36-27(32)37-29-13-12-17-6-3-4-7-19(17)26(29)20-14-18(28)10-11-24(20)35-16-25(30)31/h3-11,14,26H,12-13,15-16H2,1-2H3,(H,30,31). The Morgan fingerprint density at radius 3 is 2.41 bits per heavy atom. The number of nitrogens with zero attached hydrogens (tertiary/aromatic N) is 1. The number of hydroxylamine groups is 2. The quantitative estimate of drug-likeness (QED) is 0.383. The molecule has 1 aliphatic rings. The van der Waals surface area contributed by atoms with Crippen molar-refractivity contribution in [2.75, 3.05) is 27.4 Å². The van der Waals surface area contributed by atoms with Gasteiger partial charge in [-0.05, 0) is 47.9 Å². The van der Waals surface area contributed by atoms with E-state index in [1.165, 1.54) is 19.3 Å². The zero-order valence-electron chi connectivity index (χ0n) is 20.3. The highest BCUT2D eigenvalue weighted by Gasteiger charge is 2.34. The molecule has 0 fully saturated rings. The second-order valence-corrected chi connectivity index (χ2v) is 8.56. The third-order valence-electron chi connectivity index (χ3n) is 5.91. The van der Waals surface area contributed by atoms with Crippen molar-refractivity contribution in [3.63, 3.8) is 0 Å². The molecule has 1 aliphatic heterocycles. The lowest BCUT2D eigenvalue weighted by Gasteiger charge is -2.36. The van der Waals surface area contributed by atoms with Gasteiger partial charge in [-0.25, -0.2) is 9.59 Å². The number of fused-ring (bicyclic) bond motifs is 1. The average Bonchev–Trinajstić information content (AvgIpc) is 2.90. The zero-order chi connectivity index (χ0) is 26.4. The number of benzene rings is 3. The van der Waals surface area contributed by atoms with E-state index in [-0.39, 0.29) is 6.61 Å². The van der Waals surface area contributed by atoms with Crippen LogP contribution in [0, 0.1) is 0 Å². The van der Waals surface area contributed by atoms with Gasteiger partial charge in [0.1, 0.15) is 23.9 Å². The van der Waals surface area contributed by atoms with Gasteiger partial charge in [-0.15, -0.1) is 5.06 Å². The highest BCUT2D eigenvalue weighted by molar-refractivity contribution is 6.30. The fourth-order valence-corrected chi connectivity index (χ4v) is 4.47. The van der Waals surface area contributed by atoms with Gasteiger partial charge >= 0.3 is 12.1 Å². The first-order chi connectivity index (χ1) is 17.9. The highest BCUT2D eigenvalue weighted by Crippen LogP contribution is 2.41. The largest absolute Gasteiger partial charge is 0.528 e. The molecule has 3 aromatic carbocycles. The Bertz CT molecular complexity index is 1260. The summed E-state index contributed by atoms with van der Waals surface area (Å²) in [4.78, 5) is 29.7. The number of carbonyl (C=O) groups is 2. The first-order valence-corrected chi connectivity index (χ1v) is 11.8. The maximum absolute atomic E-state index is 12.8. The van der Waals surface area contributed by atoms with Crippen LogP contribution in [0.1, 0.15) is 28.3 Å². The number of methoxy groups -OCH3 is 2. The minimum absolute atomic E-state index is 0.134. The summed E-state index contributed by atoms with van der Waals surface area (Å²) in [5.74, 6) is 0.217. The van der Waals surface area contributed by atoms with Crippen molar-refractivity contribution >= 4 is 23.7 Å². The summed E-state index contributed by atoms with van der Waals surface area (Å²) >= 11 is 6.31. The summed E-state index contributed by atoms with van der Waals surface area (Å²) in [6.07, 6.45) is -0.307. The molecule has 0 aromatic heterocycles. The van der Waals surface area contributed by atoms with Gasteiger partial charge in [-0.3, -0.25) is 0 Å². The molecule has 1 heterocycles. The molecule has 37 heavy (non-hydrogen) atoms. The highest BCUT2D eigenvalue weighted by atomic mass is 35.5. The van der Waals surface area contributed by atoms with Crippen molar-refractivity contribution in [1.29, 1.82) is 0 Å². The monoisotopic (exact) mass is 527 g/mol. The first-order valence-electron chi connectivity index (χ1n) is 11.4. The third-order valence-corrected chi connectivity index (χ3v) is 6.15. The Hall–Kier alpha value is -3.95. The molecule has 194 valence electrons.